The molecule has 1 rings (SSSR count). The van der Waals surface area contributed by atoms with Crippen molar-refractivity contribution in [3.63, 3.8) is 0 Å². The zero-order valence-corrected chi connectivity index (χ0v) is 14.4. The monoisotopic (exact) mass is 316 g/mol. The molecule has 0 unspecified atom stereocenters. The molecule has 0 spiro atoms. The van der Waals surface area contributed by atoms with E-state index in [9.17, 15) is 8.42 Å². The second-order valence-corrected chi connectivity index (χ2v) is 8.78. The molecule has 0 heterocycles. The van der Waals surface area contributed by atoms with E-state index in [1.165, 1.54) is 0 Å². The van der Waals surface area contributed by atoms with Crippen LogP contribution in [0.25, 0.3) is 0 Å². The minimum atomic E-state index is -3.51. The molecule has 3 N–H and O–H groups in total. The van der Waals surface area contributed by atoms with Crippen LogP contribution >= 0.6 is 11.8 Å². The van der Waals surface area contributed by atoms with Crippen LogP contribution in [0.3, 0.4) is 0 Å². The molecule has 0 aliphatic heterocycles. The first-order valence-corrected chi connectivity index (χ1v) is 9.19. The van der Waals surface area contributed by atoms with E-state index in [1.54, 1.807) is 17.8 Å². The third-order valence-corrected chi connectivity index (χ3v) is 6.22. The summed E-state index contributed by atoms with van der Waals surface area (Å²) in [5.41, 5.74) is 8.18. The lowest BCUT2D eigenvalue weighted by Crippen LogP contribution is -2.36. The lowest BCUT2D eigenvalue weighted by Gasteiger charge is -2.22. The summed E-state index contributed by atoms with van der Waals surface area (Å²) in [5.74, 6) is 0. The zero-order valence-electron chi connectivity index (χ0n) is 12.8. The van der Waals surface area contributed by atoms with Crippen LogP contribution in [0, 0.1) is 13.8 Å². The Morgan fingerprint density at radius 2 is 1.90 bits per heavy atom. The highest BCUT2D eigenvalue weighted by Crippen LogP contribution is 2.23. The van der Waals surface area contributed by atoms with Gasteiger partial charge in [0.1, 0.15) is 0 Å². The SMILES string of the molecule is CSC(C)(C)CNS(=O)(=O)c1cc(CN)cc(C)c1C. The van der Waals surface area contributed by atoms with Crippen molar-refractivity contribution in [3.8, 4) is 0 Å². The van der Waals surface area contributed by atoms with E-state index in [-0.39, 0.29) is 4.75 Å². The molecule has 6 heteroatoms. The van der Waals surface area contributed by atoms with E-state index in [1.807, 2.05) is 40.0 Å². The fourth-order valence-corrected chi connectivity index (χ4v) is 3.60. The van der Waals surface area contributed by atoms with Gasteiger partial charge in [0, 0.05) is 17.8 Å². The van der Waals surface area contributed by atoms with Crippen LogP contribution in [0.2, 0.25) is 0 Å². The van der Waals surface area contributed by atoms with Crippen LogP contribution in [0.1, 0.15) is 30.5 Å². The second kappa shape index (κ2) is 6.47. The minimum absolute atomic E-state index is 0.137. The van der Waals surface area contributed by atoms with Crippen LogP contribution in [-0.2, 0) is 16.6 Å². The van der Waals surface area contributed by atoms with Gasteiger partial charge in [0.15, 0.2) is 0 Å². The van der Waals surface area contributed by atoms with Crippen molar-refractivity contribution in [2.24, 2.45) is 5.73 Å². The van der Waals surface area contributed by atoms with E-state index < -0.39 is 10.0 Å². The van der Waals surface area contributed by atoms with Crippen LogP contribution in [0.5, 0.6) is 0 Å². The van der Waals surface area contributed by atoms with E-state index >= 15 is 0 Å². The Labute approximate surface area is 126 Å². The largest absolute Gasteiger partial charge is 0.326 e. The van der Waals surface area contributed by atoms with Gasteiger partial charge in [-0.15, -0.1) is 0 Å². The first-order chi connectivity index (χ1) is 9.13. The molecule has 0 fully saturated rings. The predicted molar refractivity (Wildman–Crippen MR) is 86.6 cm³/mol. The summed E-state index contributed by atoms with van der Waals surface area (Å²) < 4.78 is 27.5. The van der Waals surface area contributed by atoms with Crippen molar-refractivity contribution in [1.29, 1.82) is 0 Å². The first kappa shape index (κ1) is 17.5. The fraction of sp³-hybridized carbons (Fsp3) is 0.571. The number of sulfonamides is 1. The standard InChI is InChI=1S/C14H24N2O2S2/c1-10-6-12(8-15)7-13(11(10)2)20(17,18)16-9-14(3,4)19-5/h6-7,16H,8-9,15H2,1-5H3. The van der Waals surface area contributed by atoms with Crippen molar-refractivity contribution in [2.75, 3.05) is 12.8 Å². The molecule has 114 valence electrons. The highest BCUT2D eigenvalue weighted by molar-refractivity contribution is 8.00. The summed E-state index contributed by atoms with van der Waals surface area (Å²) in [6, 6.07) is 3.59. The third kappa shape index (κ3) is 4.22. The van der Waals surface area contributed by atoms with Gasteiger partial charge < -0.3 is 5.73 Å². The van der Waals surface area contributed by atoms with Crippen molar-refractivity contribution in [2.45, 2.75) is 43.9 Å². The second-order valence-electron chi connectivity index (χ2n) is 5.53. The lowest BCUT2D eigenvalue weighted by molar-refractivity contribution is 0.570. The van der Waals surface area contributed by atoms with Gasteiger partial charge in [0.25, 0.3) is 0 Å². The zero-order chi connectivity index (χ0) is 15.6. The lowest BCUT2D eigenvalue weighted by atomic mass is 10.1. The average molecular weight is 316 g/mol. The minimum Gasteiger partial charge on any atom is -0.326 e. The molecule has 1 aromatic carbocycles. The van der Waals surface area contributed by atoms with Gasteiger partial charge in [-0.2, -0.15) is 11.8 Å². The summed E-state index contributed by atoms with van der Waals surface area (Å²) in [6.45, 7) is 8.47. The predicted octanol–water partition coefficient (Wildman–Crippen LogP) is 2.18. The quantitative estimate of drug-likeness (QED) is 0.844. The number of aryl methyl sites for hydroxylation is 1. The van der Waals surface area contributed by atoms with E-state index in [4.69, 9.17) is 5.73 Å². The van der Waals surface area contributed by atoms with Gasteiger partial charge in [0.2, 0.25) is 10.0 Å². The topological polar surface area (TPSA) is 72.2 Å². The molecule has 0 atom stereocenters. The smallest absolute Gasteiger partial charge is 0.240 e. The number of rotatable bonds is 6. The van der Waals surface area contributed by atoms with Crippen molar-refractivity contribution < 1.29 is 8.42 Å². The number of hydrogen-bond donors (Lipinski definition) is 2. The molecule has 0 saturated carbocycles. The Bertz CT molecular complexity index is 581. The molecule has 4 nitrogen and oxygen atoms in total. The maximum absolute atomic E-state index is 12.5. The van der Waals surface area contributed by atoms with Crippen LogP contribution in [0.15, 0.2) is 17.0 Å². The summed E-state index contributed by atoms with van der Waals surface area (Å²) in [5, 5.41) is 0. The molecule has 0 aromatic heterocycles. The Kier molecular flexibility index (Phi) is 5.66. The molecule has 0 amide bonds. The first-order valence-electron chi connectivity index (χ1n) is 6.48. The summed E-state index contributed by atoms with van der Waals surface area (Å²) in [7, 11) is -3.51. The highest BCUT2D eigenvalue weighted by Gasteiger charge is 2.23. The van der Waals surface area contributed by atoms with Crippen molar-refractivity contribution >= 4 is 21.8 Å². The van der Waals surface area contributed by atoms with Gasteiger partial charge >= 0.3 is 0 Å². The number of nitrogens with one attached hydrogen (secondary N) is 1. The maximum Gasteiger partial charge on any atom is 0.240 e. The summed E-state index contributed by atoms with van der Waals surface area (Å²) in [4.78, 5) is 0.329. The summed E-state index contributed by atoms with van der Waals surface area (Å²) >= 11 is 1.63. The van der Waals surface area contributed by atoms with Gasteiger partial charge in [0.05, 0.1) is 4.90 Å². The van der Waals surface area contributed by atoms with E-state index in [0.29, 0.717) is 18.0 Å². The Balaban J connectivity index is 3.13. The maximum atomic E-state index is 12.5. The third-order valence-electron chi connectivity index (χ3n) is 3.45. The number of thioether (sulfide) groups is 1. The molecule has 1 aromatic rings. The van der Waals surface area contributed by atoms with Gasteiger partial charge in [-0.1, -0.05) is 6.07 Å². The molecule has 0 aliphatic carbocycles. The number of nitrogens with two attached hydrogens (primary N) is 1. The van der Waals surface area contributed by atoms with Crippen molar-refractivity contribution in [3.05, 3.63) is 28.8 Å². The van der Waals surface area contributed by atoms with E-state index in [2.05, 4.69) is 4.72 Å². The molecule has 0 bridgehead atoms. The molecule has 0 aliphatic rings. The van der Waals surface area contributed by atoms with Crippen LogP contribution in [-0.4, -0.2) is 26.0 Å². The molecule has 0 saturated heterocycles. The molecular formula is C14H24N2O2S2. The van der Waals surface area contributed by atoms with Crippen molar-refractivity contribution in [1.82, 2.24) is 4.72 Å². The van der Waals surface area contributed by atoms with Gasteiger partial charge in [-0.3, -0.25) is 0 Å². The average Bonchev–Trinajstić information content (AvgIpc) is 2.39. The normalized spacial score (nSPS) is 12.7. The molecule has 20 heavy (non-hydrogen) atoms. The summed E-state index contributed by atoms with van der Waals surface area (Å²) in [6.07, 6.45) is 1.97. The van der Waals surface area contributed by atoms with Crippen LogP contribution in [0.4, 0.5) is 0 Å². The highest BCUT2D eigenvalue weighted by atomic mass is 32.2. The molecule has 0 radical (unpaired) electrons. The van der Waals surface area contributed by atoms with Crippen LogP contribution < -0.4 is 10.5 Å². The van der Waals surface area contributed by atoms with E-state index in [0.717, 1.165) is 16.7 Å². The number of benzene rings is 1. The van der Waals surface area contributed by atoms with Gasteiger partial charge in [-0.05, 0) is 56.7 Å². The fourth-order valence-electron chi connectivity index (χ4n) is 1.71. The molecular weight excluding hydrogens is 292 g/mol. The Morgan fingerprint density at radius 3 is 2.40 bits per heavy atom. The Hall–Kier alpha value is -0.560. The Morgan fingerprint density at radius 1 is 1.30 bits per heavy atom. The van der Waals surface area contributed by atoms with Gasteiger partial charge in [-0.25, -0.2) is 13.1 Å². The number of hydrogen-bond acceptors (Lipinski definition) is 4.